The molecule has 0 fully saturated rings. The molecule has 0 saturated carbocycles. The van der Waals surface area contributed by atoms with Crippen molar-refractivity contribution in [3.8, 4) is 27.5 Å². The first kappa shape index (κ1) is 23.2. The lowest BCUT2D eigenvalue weighted by Gasteiger charge is -2.13. The van der Waals surface area contributed by atoms with E-state index in [1.807, 2.05) is 56.3 Å². The number of hydrogen-bond donors (Lipinski definition) is 1. The number of benzene rings is 2. The van der Waals surface area contributed by atoms with Crippen LogP contribution >= 0.6 is 33.0 Å². The maximum atomic E-state index is 11.4. The second kappa shape index (κ2) is 11.3. The minimum absolute atomic E-state index is 0.155. The molecule has 2 aromatic carbocycles. The summed E-state index contributed by atoms with van der Waals surface area (Å²) in [7, 11) is 6.09. The summed E-state index contributed by atoms with van der Waals surface area (Å²) in [6.07, 6.45) is 2.45. The molecule has 31 heavy (non-hydrogen) atoms. The molecular formula is C22H23ClN2O4S2. The van der Waals surface area contributed by atoms with Gasteiger partial charge in [-0.25, -0.2) is 4.98 Å². The van der Waals surface area contributed by atoms with Gasteiger partial charge in [-0.3, -0.25) is 4.79 Å². The quantitative estimate of drug-likeness (QED) is 0.346. The summed E-state index contributed by atoms with van der Waals surface area (Å²) in [5, 5.41) is 3.61. The van der Waals surface area contributed by atoms with Crippen LogP contribution in [0.1, 0.15) is 37.9 Å². The number of halogens is 1. The van der Waals surface area contributed by atoms with Crippen molar-refractivity contribution in [3.05, 3.63) is 59.8 Å². The van der Waals surface area contributed by atoms with Crippen LogP contribution in [0.2, 0.25) is 0 Å². The molecule has 0 bridgehead atoms. The van der Waals surface area contributed by atoms with Gasteiger partial charge in [0.05, 0.1) is 18.8 Å². The first-order valence-corrected chi connectivity index (χ1v) is 12.2. The van der Waals surface area contributed by atoms with Crippen LogP contribution in [0.5, 0.6) is 27.5 Å². The van der Waals surface area contributed by atoms with Gasteiger partial charge in [-0.15, -0.1) is 0 Å². The van der Waals surface area contributed by atoms with E-state index >= 15 is 0 Å². The highest BCUT2D eigenvalue weighted by atomic mass is 35.7. The van der Waals surface area contributed by atoms with Crippen molar-refractivity contribution in [3.63, 3.8) is 0 Å². The van der Waals surface area contributed by atoms with Crippen LogP contribution in [-0.4, -0.2) is 16.8 Å². The number of rotatable bonds is 9. The number of ether oxygens (including phenoxy) is 3. The first-order valence-electron chi connectivity index (χ1n) is 9.78. The Bertz CT molecular complexity index is 1010. The van der Waals surface area contributed by atoms with Crippen molar-refractivity contribution in [2.45, 2.75) is 33.2 Å². The number of nitrogens with zero attached hydrogens (tertiary/aromatic N) is 1. The molecule has 0 saturated heterocycles. The van der Waals surface area contributed by atoms with Crippen LogP contribution in [0.15, 0.2) is 48.7 Å². The Morgan fingerprint density at radius 3 is 2.58 bits per heavy atom. The second-order valence-electron chi connectivity index (χ2n) is 6.51. The van der Waals surface area contributed by atoms with Crippen LogP contribution in [-0.2, 0) is 6.42 Å². The third-order valence-corrected chi connectivity index (χ3v) is 5.82. The van der Waals surface area contributed by atoms with Crippen molar-refractivity contribution in [1.29, 1.82) is 0 Å². The predicted octanol–water partition coefficient (Wildman–Crippen LogP) is 7.35. The predicted molar refractivity (Wildman–Crippen MR) is 126 cm³/mol. The lowest BCUT2D eigenvalue weighted by molar-refractivity contribution is 0.258. The van der Waals surface area contributed by atoms with E-state index in [1.54, 1.807) is 6.20 Å². The van der Waals surface area contributed by atoms with E-state index in [4.69, 9.17) is 24.9 Å². The van der Waals surface area contributed by atoms with Crippen molar-refractivity contribution >= 4 is 38.2 Å². The summed E-state index contributed by atoms with van der Waals surface area (Å²) in [4.78, 5) is 15.7. The number of aryl methyl sites for hydroxylation is 1. The molecule has 1 heterocycles. The minimum atomic E-state index is -0.287. The second-order valence-corrected chi connectivity index (χ2v) is 8.45. The lowest BCUT2D eigenvalue weighted by atomic mass is 10.1. The van der Waals surface area contributed by atoms with Crippen LogP contribution in [0.3, 0.4) is 0 Å². The maximum Gasteiger partial charge on any atom is 0.295 e. The van der Waals surface area contributed by atoms with Crippen LogP contribution in [0.25, 0.3) is 0 Å². The van der Waals surface area contributed by atoms with E-state index in [1.165, 1.54) is 11.3 Å². The fourth-order valence-electron chi connectivity index (χ4n) is 2.84. The SMILES string of the molecule is CCOc1ccc(Oc2ncc(Oc3ccc(C(C)NC(=O)SCl)cc3)s2)c(CC)c1. The fourth-order valence-corrected chi connectivity index (χ4v) is 3.85. The first-order chi connectivity index (χ1) is 15.0. The van der Waals surface area contributed by atoms with E-state index in [9.17, 15) is 4.79 Å². The van der Waals surface area contributed by atoms with Gasteiger partial charge in [0.15, 0.2) is 0 Å². The summed E-state index contributed by atoms with van der Waals surface area (Å²) in [6, 6.07) is 13.1. The molecule has 3 aromatic rings. The zero-order valence-corrected chi connectivity index (χ0v) is 19.8. The largest absolute Gasteiger partial charge is 0.494 e. The number of nitrogens with one attached hydrogen (secondary N) is 1. The Balaban J connectivity index is 1.63. The molecule has 1 unspecified atom stereocenters. The molecule has 0 radical (unpaired) electrons. The Kier molecular flexibility index (Phi) is 8.45. The van der Waals surface area contributed by atoms with Gasteiger partial charge in [0.25, 0.3) is 10.4 Å². The monoisotopic (exact) mass is 478 g/mol. The molecular weight excluding hydrogens is 456 g/mol. The summed E-state index contributed by atoms with van der Waals surface area (Å²) in [5.41, 5.74) is 2.00. The third-order valence-electron chi connectivity index (χ3n) is 4.39. The van der Waals surface area contributed by atoms with Crippen molar-refractivity contribution in [1.82, 2.24) is 10.3 Å². The van der Waals surface area contributed by atoms with Crippen molar-refractivity contribution < 1.29 is 19.0 Å². The third kappa shape index (κ3) is 6.53. The summed E-state index contributed by atoms with van der Waals surface area (Å²) in [5.74, 6) is 2.25. The van der Waals surface area contributed by atoms with Crippen LogP contribution in [0.4, 0.5) is 4.79 Å². The number of carbonyl (C=O) groups is 1. The van der Waals surface area contributed by atoms with Crippen LogP contribution in [0, 0.1) is 0 Å². The van der Waals surface area contributed by atoms with Gasteiger partial charge in [-0.1, -0.05) is 19.1 Å². The van der Waals surface area contributed by atoms with Gasteiger partial charge >= 0.3 is 0 Å². The highest BCUT2D eigenvalue weighted by Gasteiger charge is 2.12. The van der Waals surface area contributed by atoms with E-state index < -0.39 is 0 Å². The van der Waals surface area contributed by atoms with E-state index in [0.717, 1.165) is 29.0 Å². The molecule has 164 valence electrons. The maximum absolute atomic E-state index is 11.4. The van der Waals surface area contributed by atoms with E-state index in [-0.39, 0.29) is 11.3 Å². The molecule has 9 heteroatoms. The molecule has 0 aliphatic carbocycles. The normalized spacial score (nSPS) is 11.6. The summed E-state index contributed by atoms with van der Waals surface area (Å²) < 4.78 is 17.4. The van der Waals surface area contributed by atoms with Crippen LogP contribution < -0.4 is 19.5 Å². The highest BCUT2D eigenvalue weighted by Crippen LogP contribution is 2.36. The lowest BCUT2D eigenvalue weighted by Crippen LogP contribution is -2.21. The molecule has 1 atom stereocenters. The average Bonchev–Trinajstić information content (AvgIpc) is 3.22. The van der Waals surface area contributed by atoms with Crippen molar-refractivity contribution in [2.75, 3.05) is 6.61 Å². The van der Waals surface area contributed by atoms with E-state index in [0.29, 0.717) is 33.6 Å². The standard InChI is InChI=1S/C22H23ClN2O4S2/c1-4-15-12-18(27-5-2)10-11-19(15)29-22-24-13-20(30-22)28-17-8-6-16(7-9-17)14(3)25-21(26)31-23/h6-14H,4-5H2,1-3H3,(H,25,26). The molecule has 1 N–H and O–H groups in total. The van der Waals surface area contributed by atoms with Gasteiger partial charge < -0.3 is 19.5 Å². The molecule has 3 rings (SSSR count). The zero-order valence-electron chi connectivity index (χ0n) is 17.4. The highest BCUT2D eigenvalue weighted by molar-refractivity contribution is 8.32. The number of hydrogen-bond acceptors (Lipinski definition) is 7. The van der Waals surface area contributed by atoms with Gasteiger partial charge in [-0.2, -0.15) is 0 Å². The molecule has 0 aliphatic heterocycles. The summed E-state index contributed by atoms with van der Waals surface area (Å²) >= 11 is 1.32. The number of thiazole rings is 1. The molecule has 1 amide bonds. The zero-order chi connectivity index (χ0) is 22.2. The topological polar surface area (TPSA) is 69.7 Å². The van der Waals surface area contributed by atoms with Gasteiger partial charge in [0.2, 0.25) is 5.06 Å². The molecule has 0 spiro atoms. The Morgan fingerprint density at radius 2 is 1.90 bits per heavy atom. The van der Waals surface area contributed by atoms with Crippen molar-refractivity contribution in [2.24, 2.45) is 0 Å². The molecule has 1 aromatic heterocycles. The molecule has 0 aliphatic rings. The Morgan fingerprint density at radius 1 is 1.16 bits per heavy atom. The number of amides is 1. The minimum Gasteiger partial charge on any atom is -0.494 e. The van der Waals surface area contributed by atoms with Gasteiger partial charge in [0, 0.05) is 11.0 Å². The smallest absolute Gasteiger partial charge is 0.295 e. The molecule has 6 nitrogen and oxygen atoms in total. The number of carbonyl (C=O) groups excluding carboxylic acids is 1. The Hall–Kier alpha value is -2.42. The summed E-state index contributed by atoms with van der Waals surface area (Å²) in [6.45, 7) is 6.54. The van der Waals surface area contributed by atoms with Gasteiger partial charge in [-0.05, 0) is 83.7 Å². The Labute approximate surface area is 194 Å². The fraction of sp³-hybridized carbons (Fsp3) is 0.273. The number of aromatic nitrogens is 1. The van der Waals surface area contributed by atoms with Gasteiger partial charge in [0.1, 0.15) is 17.2 Å². The van der Waals surface area contributed by atoms with E-state index in [2.05, 4.69) is 17.2 Å². The average molecular weight is 479 g/mol.